The monoisotopic (exact) mass is 308 g/mol. The second-order valence-corrected chi connectivity index (χ2v) is 6.27. The fourth-order valence-corrected chi connectivity index (χ4v) is 3.13. The molecule has 1 aliphatic heterocycles. The van der Waals surface area contributed by atoms with Gasteiger partial charge < -0.3 is 14.8 Å². The molecular weight excluding hydrogens is 284 g/mol. The highest BCUT2D eigenvalue weighted by atomic mass is 16.5. The van der Waals surface area contributed by atoms with Crippen molar-refractivity contribution in [2.75, 3.05) is 32.2 Å². The molecule has 1 saturated heterocycles. The molecule has 2 N–H and O–H groups in total. The number of hydrogen-bond donors (Lipinski definition) is 2. The van der Waals surface area contributed by atoms with Gasteiger partial charge in [-0.1, -0.05) is 0 Å². The maximum atomic E-state index is 12.2. The molecule has 2 aliphatic rings. The average Bonchev–Trinajstić information content (AvgIpc) is 3.10. The summed E-state index contributed by atoms with van der Waals surface area (Å²) in [6, 6.07) is 1.63. The Hall–Kier alpha value is -1.60. The van der Waals surface area contributed by atoms with Gasteiger partial charge in [0, 0.05) is 32.2 Å². The zero-order chi connectivity index (χ0) is 15.4. The number of methoxy groups -OCH3 is 1. The van der Waals surface area contributed by atoms with Crippen LogP contribution in [0.1, 0.15) is 25.7 Å². The third kappa shape index (κ3) is 3.41. The van der Waals surface area contributed by atoms with Crippen LogP contribution in [0, 0.1) is 5.92 Å². The molecule has 1 aliphatic carbocycles. The van der Waals surface area contributed by atoms with Crippen molar-refractivity contribution in [3.63, 3.8) is 0 Å². The largest absolute Gasteiger partial charge is 0.382 e. The predicted molar refractivity (Wildman–Crippen MR) is 81.8 cm³/mol. The van der Waals surface area contributed by atoms with E-state index in [2.05, 4.69) is 15.7 Å². The molecule has 0 bridgehead atoms. The summed E-state index contributed by atoms with van der Waals surface area (Å²) in [6.45, 7) is 2.90. The van der Waals surface area contributed by atoms with Crippen molar-refractivity contribution in [3.8, 4) is 0 Å². The highest BCUT2D eigenvalue weighted by Gasteiger charge is 2.38. The van der Waals surface area contributed by atoms with Gasteiger partial charge in [0.15, 0.2) is 0 Å². The first-order valence-corrected chi connectivity index (χ1v) is 7.88. The van der Waals surface area contributed by atoms with E-state index in [1.54, 1.807) is 13.3 Å². The maximum absolute atomic E-state index is 12.2. The number of anilines is 1. The topological polar surface area (TPSA) is 77.4 Å². The van der Waals surface area contributed by atoms with Crippen LogP contribution >= 0.6 is 0 Å². The van der Waals surface area contributed by atoms with Gasteiger partial charge in [-0.15, -0.1) is 0 Å². The molecule has 7 nitrogen and oxygen atoms in total. The molecule has 1 atom stereocenters. The van der Waals surface area contributed by atoms with Gasteiger partial charge in [-0.05, 0) is 25.7 Å². The Kier molecular flexibility index (Phi) is 4.63. The number of nitrogens with zero attached hydrogens (tertiary/aromatic N) is 2. The van der Waals surface area contributed by atoms with Gasteiger partial charge in [0.1, 0.15) is 5.82 Å². The van der Waals surface area contributed by atoms with E-state index in [1.807, 2.05) is 10.7 Å². The molecule has 1 aromatic rings. The molecule has 0 aromatic carbocycles. The van der Waals surface area contributed by atoms with Gasteiger partial charge >= 0.3 is 6.03 Å². The van der Waals surface area contributed by atoms with E-state index < -0.39 is 0 Å². The van der Waals surface area contributed by atoms with Gasteiger partial charge in [0.05, 0.1) is 24.9 Å². The number of carbonyl (C=O) groups is 1. The Morgan fingerprint density at radius 2 is 2.45 bits per heavy atom. The van der Waals surface area contributed by atoms with Crippen LogP contribution in [0.5, 0.6) is 0 Å². The van der Waals surface area contributed by atoms with Crippen molar-refractivity contribution in [3.05, 3.63) is 12.3 Å². The van der Waals surface area contributed by atoms with Crippen molar-refractivity contribution in [2.24, 2.45) is 5.92 Å². The van der Waals surface area contributed by atoms with E-state index in [0.29, 0.717) is 12.5 Å². The Morgan fingerprint density at radius 3 is 3.09 bits per heavy atom. The molecule has 7 heteroatoms. The standard InChI is InChI=1S/C15H24N4O3/c1-21-11-15(5-2-6-15)18-14(20)17-13-3-7-16-19(13)9-12-4-8-22-10-12/h3,7,12H,2,4-6,8-11H2,1H3,(H2,17,18,20). The first kappa shape index (κ1) is 15.3. The summed E-state index contributed by atoms with van der Waals surface area (Å²) in [5.41, 5.74) is -0.205. The minimum atomic E-state index is -0.205. The Labute approximate surface area is 130 Å². The van der Waals surface area contributed by atoms with Gasteiger partial charge in [-0.3, -0.25) is 5.32 Å². The average molecular weight is 308 g/mol. The number of rotatable bonds is 6. The van der Waals surface area contributed by atoms with Crippen LogP contribution in [0.3, 0.4) is 0 Å². The lowest BCUT2D eigenvalue weighted by atomic mass is 9.77. The van der Waals surface area contributed by atoms with Crippen molar-refractivity contribution in [1.82, 2.24) is 15.1 Å². The van der Waals surface area contributed by atoms with Crippen LogP contribution in [0.4, 0.5) is 10.6 Å². The molecule has 1 saturated carbocycles. The summed E-state index contributed by atoms with van der Waals surface area (Å²) in [5, 5.41) is 10.2. The number of hydrogen-bond acceptors (Lipinski definition) is 4. The van der Waals surface area contributed by atoms with Crippen molar-refractivity contribution < 1.29 is 14.3 Å². The number of nitrogens with one attached hydrogen (secondary N) is 2. The smallest absolute Gasteiger partial charge is 0.320 e. The number of ether oxygens (including phenoxy) is 2. The number of carbonyl (C=O) groups excluding carboxylic acids is 1. The van der Waals surface area contributed by atoms with Crippen LogP contribution in [0.25, 0.3) is 0 Å². The third-order valence-electron chi connectivity index (χ3n) is 4.52. The van der Waals surface area contributed by atoms with Crippen LogP contribution in [-0.4, -0.2) is 48.3 Å². The highest BCUT2D eigenvalue weighted by Crippen LogP contribution is 2.32. The van der Waals surface area contributed by atoms with Crippen LogP contribution in [0.2, 0.25) is 0 Å². The first-order valence-electron chi connectivity index (χ1n) is 7.88. The molecule has 0 radical (unpaired) electrons. The molecule has 2 heterocycles. The van der Waals surface area contributed by atoms with Crippen LogP contribution in [0.15, 0.2) is 12.3 Å². The summed E-state index contributed by atoms with van der Waals surface area (Å²) >= 11 is 0. The molecular formula is C15H24N4O3. The highest BCUT2D eigenvalue weighted by molar-refractivity contribution is 5.89. The summed E-state index contributed by atoms with van der Waals surface area (Å²) in [6.07, 6.45) is 5.81. The maximum Gasteiger partial charge on any atom is 0.320 e. The quantitative estimate of drug-likeness (QED) is 0.837. The van der Waals surface area contributed by atoms with Crippen molar-refractivity contribution >= 4 is 11.8 Å². The lowest BCUT2D eigenvalue weighted by Crippen LogP contribution is -2.57. The second-order valence-electron chi connectivity index (χ2n) is 6.27. The fourth-order valence-electron chi connectivity index (χ4n) is 3.13. The molecule has 2 fully saturated rings. The SMILES string of the molecule is COCC1(NC(=O)Nc2ccnn2CC2CCOC2)CCC1. The molecule has 1 unspecified atom stereocenters. The zero-order valence-electron chi connectivity index (χ0n) is 13.0. The van der Waals surface area contributed by atoms with Gasteiger partial charge in [-0.2, -0.15) is 5.10 Å². The lowest BCUT2D eigenvalue weighted by Gasteiger charge is -2.41. The molecule has 2 amide bonds. The number of aromatic nitrogens is 2. The molecule has 0 spiro atoms. The van der Waals surface area contributed by atoms with Crippen molar-refractivity contribution in [1.29, 1.82) is 0 Å². The van der Waals surface area contributed by atoms with E-state index in [9.17, 15) is 4.79 Å². The summed E-state index contributed by atoms with van der Waals surface area (Å²) in [5.74, 6) is 1.19. The normalized spacial score (nSPS) is 23.0. The molecule has 3 rings (SSSR count). The number of urea groups is 1. The van der Waals surface area contributed by atoms with E-state index in [-0.39, 0.29) is 11.6 Å². The summed E-state index contributed by atoms with van der Waals surface area (Å²) in [4.78, 5) is 12.2. The van der Waals surface area contributed by atoms with E-state index >= 15 is 0 Å². The minimum absolute atomic E-state index is 0.193. The second kappa shape index (κ2) is 6.66. The predicted octanol–water partition coefficient (Wildman–Crippen LogP) is 1.61. The summed E-state index contributed by atoms with van der Waals surface area (Å²) in [7, 11) is 1.67. The molecule has 22 heavy (non-hydrogen) atoms. The molecule has 122 valence electrons. The van der Waals surface area contributed by atoms with Crippen LogP contribution in [-0.2, 0) is 16.0 Å². The first-order chi connectivity index (χ1) is 10.7. The Morgan fingerprint density at radius 1 is 1.59 bits per heavy atom. The van der Waals surface area contributed by atoms with Crippen LogP contribution < -0.4 is 10.6 Å². The van der Waals surface area contributed by atoms with Gasteiger partial charge in [-0.25, -0.2) is 9.48 Å². The minimum Gasteiger partial charge on any atom is -0.382 e. The Balaban J connectivity index is 1.56. The van der Waals surface area contributed by atoms with E-state index in [1.165, 1.54) is 0 Å². The van der Waals surface area contributed by atoms with E-state index in [4.69, 9.17) is 9.47 Å². The lowest BCUT2D eigenvalue weighted by molar-refractivity contribution is 0.0648. The summed E-state index contributed by atoms with van der Waals surface area (Å²) < 4.78 is 12.4. The zero-order valence-corrected chi connectivity index (χ0v) is 13.0. The Bertz CT molecular complexity index is 507. The van der Waals surface area contributed by atoms with Gasteiger partial charge in [0.2, 0.25) is 0 Å². The van der Waals surface area contributed by atoms with E-state index in [0.717, 1.165) is 51.3 Å². The number of amides is 2. The van der Waals surface area contributed by atoms with Crippen molar-refractivity contribution in [2.45, 2.75) is 37.8 Å². The third-order valence-corrected chi connectivity index (χ3v) is 4.52. The van der Waals surface area contributed by atoms with Gasteiger partial charge in [0.25, 0.3) is 0 Å². The fraction of sp³-hybridized carbons (Fsp3) is 0.733. The molecule has 1 aromatic heterocycles.